The molecular weight excluding hydrogens is 268 g/mol. The van der Waals surface area contributed by atoms with Gasteiger partial charge in [-0.2, -0.15) is 0 Å². The number of aryl methyl sites for hydroxylation is 1. The van der Waals surface area contributed by atoms with Crippen molar-refractivity contribution in [1.29, 1.82) is 0 Å². The standard InChI is InChI=1S/C20H29N2/c1-4-7-8-9-17(5-2)20-16-19(12-15-22(20)6-3)18-10-13-21-14-11-18/h10-17H,4-9H2,1-3H3/q+1. The van der Waals surface area contributed by atoms with Crippen molar-refractivity contribution < 1.29 is 4.57 Å². The number of rotatable bonds is 8. The summed E-state index contributed by atoms with van der Waals surface area (Å²) in [6.07, 6.45) is 12.5. The Bertz CT molecular complexity index is 563. The molecule has 2 heteroatoms. The van der Waals surface area contributed by atoms with Crippen LogP contribution in [-0.4, -0.2) is 4.98 Å². The molecule has 2 aromatic rings. The molecule has 0 fully saturated rings. The van der Waals surface area contributed by atoms with Crippen LogP contribution in [0.15, 0.2) is 42.9 Å². The monoisotopic (exact) mass is 297 g/mol. The van der Waals surface area contributed by atoms with Crippen molar-refractivity contribution >= 4 is 0 Å². The zero-order chi connectivity index (χ0) is 15.8. The summed E-state index contributed by atoms with van der Waals surface area (Å²) < 4.78 is 2.41. The van der Waals surface area contributed by atoms with Gasteiger partial charge in [0.05, 0.1) is 0 Å². The number of unbranched alkanes of at least 4 members (excludes halogenated alkanes) is 2. The van der Waals surface area contributed by atoms with E-state index in [2.05, 4.69) is 60.8 Å². The molecule has 22 heavy (non-hydrogen) atoms. The molecule has 0 aromatic carbocycles. The third kappa shape index (κ3) is 4.16. The highest BCUT2D eigenvalue weighted by molar-refractivity contribution is 5.62. The van der Waals surface area contributed by atoms with E-state index in [4.69, 9.17) is 0 Å². The minimum Gasteiger partial charge on any atom is -0.265 e. The van der Waals surface area contributed by atoms with E-state index < -0.39 is 0 Å². The van der Waals surface area contributed by atoms with E-state index in [0.717, 1.165) is 6.54 Å². The lowest BCUT2D eigenvalue weighted by molar-refractivity contribution is -0.702. The molecule has 2 rings (SSSR count). The van der Waals surface area contributed by atoms with Crippen molar-refractivity contribution in [3.05, 3.63) is 48.5 Å². The summed E-state index contributed by atoms with van der Waals surface area (Å²) in [4.78, 5) is 4.12. The van der Waals surface area contributed by atoms with Crippen molar-refractivity contribution in [2.24, 2.45) is 0 Å². The molecule has 2 aromatic heterocycles. The van der Waals surface area contributed by atoms with Gasteiger partial charge in [0.15, 0.2) is 11.9 Å². The summed E-state index contributed by atoms with van der Waals surface area (Å²) in [5, 5.41) is 0. The highest BCUT2D eigenvalue weighted by atomic mass is 14.9. The van der Waals surface area contributed by atoms with Gasteiger partial charge in [-0.15, -0.1) is 0 Å². The van der Waals surface area contributed by atoms with Crippen LogP contribution < -0.4 is 4.57 Å². The molecule has 0 N–H and O–H groups in total. The second kappa shape index (κ2) is 8.67. The minimum absolute atomic E-state index is 0.660. The minimum atomic E-state index is 0.660. The molecule has 0 saturated carbocycles. The van der Waals surface area contributed by atoms with Crippen LogP contribution in [0.1, 0.15) is 64.5 Å². The Hall–Kier alpha value is -1.70. The third-order valence-corrected chi connectivity index (χ3v) is 4.49. The van der Waals surface area contributed by atoms with E-state index in [1.165, 1.54) is 48.9 Å². The summed E-state index contributed by atoms with van der Waals surface area (Å²) in [6, 6.07) is 8.79. The van der Waals surface area contributed by atoms with Gasteiger partial charge in [0, 0.05) is 30.4 Å². The Morgan fingerprint density at radius 1 is 1.00 bits per heavy atom. The Balaban J connectivity index is 2.30. The predicted molar refractivity (Wildman–Crippen MR) is 92.7 cm³/mol. The molecule has 0 bridgehead atoms. The van der Waals surface area contributed by atoms with Crippen LogP contribution in [0.25, 0.3) is 11.1 Å². The van der Waals surface area contributed by atoms with Crippen molar-refractivity contribution in [2.75, 3.05) is 0 Å². The molecule has 0 radical (unpaired) electrons. The largest absolute Gasteiger partial charge is 0.265 e. The van der Waals surface area contributed by atoms with Crippen molar-refractivity contribution in [2.45, 2.75) is 65.3 Å². The fraction of sp³-hybridized carbons (Fsp3) is 0.500. The first-order valence-corrected chi connectivity index (χ1v) is 8.73. The van der Waals surface area contributed by atoms with Crippen LogP contribution in [0.2, 0.25) is 0 Å². The average Bonchev–Trinajstić information content (AvgIpc) is 2.59. The molecule has 1 unspecified atom stereocenters. The molecule has 1 atom stereocenters. The quantitative estimate of drug-likeness (QED) is 0.487. The fourth-order valence-corrected chi connectivity index (χ4v) is 3.11. The summed E-state index contributed by atoms with van der Waals surface area (Å²) in [7, 11) is 0. The summed E-state index contributed by atoms with van der Waals surface area (Å²) in [5.74, 6) is 0.660. The predicted octanol–water partition coefficient (Wildman–Crippen LogP) is 5.13. The van der Waals surface area contributed by atoms with E-state index in [1.54, 1.807) is 0 Å². The van der Waals surface area contributed by atoms with Gasteiger partial charge in [0.1, 0.15) is 6.54 Å². The molecular formula is C20H29N2+. The zero-order valence-electron chi connectivity index (χ0n) is 14.3. The van der Waals surface area contributed by atoms with E-state index in [9.17, 15) is 0 Å². The Morgan fingerprint density at radius 2 is 1.77 bits per heavy atom. The summed E-state index contributed by atoms with van der Waals surface area (Å²) in [5.41, 5.74) is 4.04. The van der Waals surface area contributed by atoms with Gasteiger partial charge in [-0.3, -0.25) is 4.98 Å². The van der Waals surface area contributed by atoms with Crippen LogP contribution in [0.5, 0.6) is 0 Å². The number of nitrogens with zero attached hydrogens (tertiary/aromatic N) is 2. The first kappa shape index (κ1) is 16.7. The van der Waals surface area contributed by atoms with Gasteiger partial charge in [-0.05, 0) is 43.0 Å². The van der Waals surface area contributed by atoms with E-state index >= 15 is 0 Å². The maximum atomic E-state index is 4.12. The lowest BCUT2D eigenvalue weighted by Gasteiger charge is -2.15. The van der Waals surface area contributed by atoms with Crippen LogP contribution in [-0.2, 0) is 6.54 Å². The van der Waals surface area contributed by atoms with Gasteiger partial charge < -0.3 is 0 Å². The number of hydrogen-bond acceptors (Lipinski definition) is 1. The molecule has 2 nitrogen and oxygen atoms in total. The topological polar surface area (TPSA) is 16.8 Å². The third-order valence-electron chi connectivity index (χ3n) is 4.49. The van der Waals surface area contributed by atoms with Crippen LogP contribution >= 0.6 is 0 Å². The normalized spacial score (nSPS) is 12.3. The van der Waals surface area contributed by atoms with E-state index in [1.807, 2.05) is 12.4 Å². The van der Waals surface area contributed by atoms with Gasteiger partial charge in [0.2, 0.25) is 0 Å². The first-order chi connectivity index (χ1) is 10.8. The zero-order valence-corrected chi connectivity index (χ0v) is 14.3. The fourth-order valence-electron chi connectivity index (χ4n) is 3.11. The van der Waals surface area contributed by atoms with Crippen molar-refractivity contribution in [1.82, 2.24) is 4.98 Å². The maximum Gasteiger partial charge on any atom is 0.184 e. The SMILES string of the molecule is CCCCCC(CC)c1cc(-c2ccncc2)cc[n+]1CC. The highest BCUT2D eigenvalue weighted by Gasteiger charge is 2.20. The van der Waals surface area contributed by atoms with Crippen molar-refractivity contribution in [3.8, 4) is 11.1 Å². The van der Waals surface area contributed by atoms with Crippen LogP contribution in [0.4, 0.5) is 0 Å². The Labute approximate surface area is 135 Å². The second-order valence-corrected chi connectivity index (χ2v) is 5.96. The molecule has 0 saturated heterocycles. The lowest BCUT2D eigenvalue weighted by atomic mass is 9.92. The van der Waals surface area contributed by atoms with Crippen LogP contribution in [0, 0.1) is 0 Å². The van der Waals surface area contributed by atoms with Gasteiger partial charge >= 0.3 is 0 Å². The number of hydrogen-bond donors (Lipinski definition) is 0. The molecule has 0 aliphatic heterocycles. The Kier molecular flexibility index (Phi) is 6.57. The van der Waals surface area contributed by atoms with Crippen molar-refractivity contribution in [3.63, 3.8) is 0 Å². The molecule has 2 heterocycles. The number of pyridine rings is 2. The molecule has 0 spiro atoms. The Morgan fingerprint density at radius 3 is 2.41 bits per heavy atom. The first-order valence-electron chi connectivity index (χ1n) is 8.73. The molecule has 0 aliphatic carbocycles. The molecule has 118 valence electrons. The molecule has 0 amide bonds. The van der Waals surface area contributed by atoms with Gasteiger partial charge in [-0.25, -0.2) is 4.57 Å². The average molecular weight is 297 g/mol. The van der Waals surface area contributed by atoms with Crippen LogP contribution in [0.3, 0.4) is 0 Å². The van der Waals surface area contributed by atoms with E-state index in [-0.39, 0.29) is 0 Å². The summed E-state index contributed by atoms with van der Waals surface area (Å²) in [6.45, 7) is 7.86. The maximum absolute atomic E-state index is 4.12. The highest BCUT2D eigenvalue weighted by Crippen LogP contribution is 2.27. The second-order valence-electron chi connectivity index (χ2n) is 5.96. The lowest BCUT2D eigenvalue weighted by Crippen LogP contribution is -2.38. The van der Waals surface area contributed by atoms with E-state index in [0.29, 0.717) is 5.92 Å². The van der Waals surface area contributed by atoms with Gasteiger partial charge in [-0.1, -0.05) is 33.1 Å². The number of aromatic nitrogens is 2. The van der Waals surface area contributed by atoms with Gasteiger partial charge in [0.25, 0.3) is 0 Å². The smallest absolute Gasteiger partial charge is 0.184 e. The molecule has 0 aliphatic rings. The summed E-state index contributed by atoms with van der Waals surface area (Å²) >= 11 is 0.